The largest absolute Gasteiger partial charge is 0.434 e. The van der Waals surface area contributed by atoms with Crippen molar-refractivity contribution in [3.05, 3.63) is 30.2 Å². The summed E-state index contributed by atoms with van der Waals surface area (Å²) < 4.78 is 39.5. The van der Waals surface area contributed by atoms with E-state index in [1.165, 1.54) is 12.1 Å². The zero-order valence-electron chi connectivity index (χ0n) is 16.7. The van der Waals surface area contributed by atoms with Gasteiger partial charge in [-0.05, 0) is 49.1 Å². The molecule has 4 rings (SSSR count). The Balaban J connectivity index is 1.48. The minimum atomic E-state index is -4.55. The maximum absolute atomic E-state index is 13.2. The van der Waals surface area contributed by atoms with Crippen molar-refractivity contribution < 1.29 is 13.2 Å². The number of nitrogens with zero attached hydrogens (tertiary/aromatic N) is 4. The smallest absolute Gasteiger partial charge is 0.381 e. The van der Waals surface area contributed by atoms with Gasteiger partial charge in [0.1, 0.15) is 10.8 Å². The van der Waals surface area contributed by atoms with Gasteiger partial charge in [-0.15, -0.1) is 0 Å². The van der Waals surface area contributed by atoms with Crippen LogP contribution in [-0.4, -0.2) is 34.1 Å². The van der Waals surface area contributed by atoms with Crippen molar-refractivity contribution in [2.75, 3.05) is 23.7 Å². The lowest BCUT2D eigenvalue weighted by Crippen LogP contribution is -2.47. The number of alkyl halides is 3. The highest BCUT2D eigenvalue weighted by Gasteiger charge is 2.45. The maximum Gasteiger partial charge on any atom is 0.434 e. The van der Waals surface area contributed by atoms with E-state index >= 15 is 0 Å². The molecule has 0 radical (unpaired) electrons. The first-order valence-corrected chi connectivity index (χ1v) is 10.8. The predicted molar refractivity (Wildman–Crippen MR) is 110 cm³/mol. The van der Waals surface area contributed by atoms with Crippen molar-refractivity contribution >= 4 is 23.4 Å². The highest BCUT2D eigenvalue weighted by atomic mass is 32.2. The van der Waals surface area contributed by atoms with Gasteiger partial charge < -0.3 is 16.4 Å². The van der Waals surface area contributed by atoms with Crippen LogP contribution in [0.2, 0.25) is 0 Å². The van der Waals surface area contributed by atoms with E-state index in [2.05, 4.69) is 26.8 Å². The molecule has 2 fully saturated rings. The third kappa shape index (κ3) is 4.07. The number of piperidine rings is 1. The quantitative estimate of drug-likeness (QED) is 0.749. The molecule has 3 heterocycles. The van der Waals surface area contributed by atoms with Gasteiger partial charge in [0.2, 0.25) is 0 Å². The molecule has 1 saturated heterocycles. The summed E-state index contributed by atoms with van der Waals surface area (Å²) in [5.74, 6) is 1.42. The van der Waals surface area contributed by atoms with E-state index < -0.39 is 11.9 Å². The molecule has 4 N–H and O–H groups in total. The Morgan fingerprint density at radius 2 is 1.97 bits per heavy atom. The van der Waals surface area contributed by atoms with Gasteiger partial charge in [0.15, 0.2) is 11.5 Å². The fraction of sp³-hybridized carbons (Fsp3) is 0.550. The number of hydrogen-bond donors (Lipinski definition) is 2. The Morgan fingerprint density at radius 1 is 1.23 bits per heavy atom. The van der Waals surface area contributed by atoms with Crippen LogP contribution in [0.15, 0.2) is 34.4 Å². The lowest BCUT2D eigenvalue weighted by atomic mass is 9.74. The molecule has 162 valence electrons. The van der Waals surface area contributed by atoms with Crippen LogP contribution in [0.4, 0.5) is 24.8 Å². The zero-order valence-corrected chi connectivity index (χ0v) is 17.5. The van der Waals surface area contributed by atoms with E-state index in [0.717, 1.165) is 56.7 Å². The van der Waals surface area contributed by atoms with Crippen LogP contribution in [-0.2, 0) is 6.18 Å². The van der Waals surface area contributed by atoms with E-state index in [1.54, 1.807) is 6.20 Å². The monoisotopic (exact) mass is 438 g/mol. The molecule has 0 bridgehead atoms. The van der Waals surface area contributed by atoms with E-state index in [9.17, 15) is 13.2 Å². The van der Waals surface area contributed by atoms with Crippen LogP contribution < -0.4 is 16.4 Å². The van der Waals surface area contributed by atoms with E-state index in [4.69, 9.17) is 11.5 Å². The first kappa shape index (κ1) is 21.2. The van der Waals surface area contributed by atoms with Crippen molar-refractivity contribution in [3.8, 4) is 0 Å². The third-order valence-electron chi connectivity index (χ3n) is 6.28. The van der Waals surface area contributed by atoms with Crippen LogP contribution in [0.1, 0.15) is 38.3 Å². The summed E-state index contributed by atoms with van der Waals surface area (Å²) in [7, 11) is 0. The van der Waals surface area contributed by atoms with Crippen molar-refractivity contribution in [1.29, 1.82) is 0 Å². The topological polar surface area (TPSA) is 94.0 Å². The van der Waals surface area contributed by atoms with Gasteiger partial charge in [-0.2, -0.15) is 13.2 Å². The summed E-state index contributed by atoms with van der Waals surface area (Å²) in [5, 5.41) is 0.234. The second-order valence-corrected chi connectivity index (χ2v) is 9.40. The van der Waals surface area contributed by atoms with Crippen molar-refractivity contribution in [2.45, 2.75) is 54.7 Å². The number of anilines is 2. The van der Waals surface area contributed by atoms with Crippen LogP contribution in [0.3, 0.4) is 0 Å². The maximum atomic E-state index is 13.2. The molecule has 0 aromatic carbocycles. The highest BCUT2D eigenvalue weighted by Crippen LogP contribution is 2.48. The van der Waals surface area contributed by atoms with Gasteiger partial charge in [-0.25, -0.2) is 9.97 Å². The Hall–Kier alpha value is -2.07. The first-order chi connectivity index (χ1) is 14.2. The molecule has 1 aliphatic heterocycles. The molecule has 1 spiro atoms. The molecule has 0 unspecified atom stereocenters. The third-order valence-corrected chi connectivity index (χ3v) is 7.34. The zero-order chi connectivity index (χ0) is 21.5. The van der Waals surface area contributed by atoms with Crippen LogP contribution in [0.25, 0.3) is 0 Å². The fourth-order valence-corrected chi connectivity index (χ4v) is 5.65. The molecular weight excluding hydrogens is 413 g/mol. The summed E-state index contributed by atoms with van der Waals surface area (Å²) in [6.45, 7) is 3.90. The summed E-state index contributed by atoms with van der Waals surface area (Å²) >= 11 is 0.823. The number of pyridine rings is 1. The van der Waals surface area contributed by atoms with E-state index in [-0.39, 0.29) is 27.2 Å². The Morgan fingerprint density at radius 3 is 2.57 bits per heavy atom. The van der Waals surface area contributed by atoms with Gasteiger partial charge in [0.25, 0.3) is 0 Å². The Bertz CT molecular complexity index is 914. The van der Waals surface area contributed by atoms with Crippen LogP contribution in [0, 0.1) is 11.3 Å². The molecule has 1 saturated carbocycles. The number of halogens is 3. The normalized spacial score (nSPS) is 23.8. The van der Waals surface area contributed by atoms with E-state index in [0.29, 0.717) is 11.7 Å². The van der Waals surface area contributed by atoms with Gasteiger partial charge in [0, 0.05) is 30.2 Å². The molecule has 2 aromatic rings. The number of aromatic nitrogens is 3. The summed E-state index contributed by atoms with van der Waals surface area (Å²) in [5.41, 5.74) is 11.7. The number of nitrogens with two attached hydrogens (primary N) is 2. The second kappa shape index (κ2) is 7.88. The minimum Gasteiger partial charge on any atom is -0.381 e. The minimum absolute atomic E-state index is 0.0528. The number of hydrogen-bond acceptors (Lipinski definition) is 7. The fourth-order valence-electron chi connectivity index (χ4n) is 4.77. The van der Waals surface area contributed by atoms with Crippen molar-refractivity contribution in [2.24, 2.45) is 17.1 Å². The van der Waals surface area contributed by atoms with Crippen molar-refractivity contribution in [1.82, 2.24) is 15.0 Å². The predicted octanol–water partition coefficient (Wildman–Crippen LogP) is 3.97. The standard InChI is InChI=1S/C20H25F3N6S/c1-12-9-14(24)19(10-12)4-7-29(8-5-19)15-11-27-18(17(25)28-15)30-13-3-2-6-26-16(13)20(21,22)23/h2-3,6,11-12,14H,4-5,7-10,24H2,1H3,(H2,25,28)/t12-,14-/m0/s1. The molecule has 30 heavy (non-hydrogen) atoms. The van der Waals surface area contributed by atoms with Gasteiger partial charge in [-0.1, -0.05) is 18.7 Å². The Kier molecular flexibility index (Phi) is 5.56. The second-order valence-electron chi connectivity index (χ2n) is 8.37. The molecular formula is C20H25F3N6S. The average Bonchev–Trinajstić information content (AvgIpc) is 2.96. The van der Waals surface area contributed by atoms with Gasteiger partial charge >= 0.3 is 6.18 Å². The molecule has 6 nitrogen and oxygen atoms in total. The first-order valence-electron chi connectivity index (χ1n) is 10.0. The SMILES string of the molecule is C[C@H]1C[C@H](N)C2(CCN(c3cnc(Sc4cccnc4C(F)(F)F)c(N)n3)CC2)C1. The van der Waals surface area contributed by atoms with Crippen molar-refractivity contribution in [3.63, 3.8) is 0 Å². The number of nitrogen functional groups attached to an aromatic ring is 1. The van der Waals surface area contributed by atoms with Gasteiger partial charge in [0.05, 0.1) is 6.20 Å². The Labute approximate surface area is 177 Å². The highest BCUT2D eigenvalue weighted by molar-refractivity contribution is 7.99. The van der Waals surface area contributed by atoms with E-state index in [1.807, 2.05) is 0 Å². The summed E-state index contributed by atoms with van der Waals surface area (Å²) in [4.78, 5) is 14.3. The molecule has 0 amide bonds. The molecule has 10 heteroatoms. The lowest BCUT2D eigenvalue weighted by molar-refractivity contribution is -0.143. The lowest BCUT2D eigenvalue weighted by Gasteiger charge is -2.42. The summed E-state index contributed by atoms with van der Waals surface area (Å²) in [6, 6.07) is 3.05. The average molecular weight is 439 g/mol. The molecule has 2 aromatic heterocycles. The summed E-state index contributed by atoms with van der Waals surface area (Å²) in [6.07, 6.45) is 2.39. The molecule has 1 aliphatic carbocycles. The van der Waals surface area contributed by atoms with Crippen LogP contribution >= 0.6 is 11.8 Å². The number of rotatable bonds is 3. The van der Waals surface area contributed by atoms with Gasteiger partial charge in [-0.3, -0.25) is 4.98 Å². The molecule has 2 aliphatic rings. The van der Waals surface area contributed by atoms with Crippen LogP contribution in [0.5, 0.6) is 0 Å². The molecule has 2 atom stereocenters.